The minimum Gasteiger partial charge on any atom is -0.496 e. The van der Waals surface area contributed by atoms with Crippen molar-refractivity contribution in [2.24, 2.45) is 0 Å². The zero-order valence-corrected chi connectivity index (χ0v) is 15.3. The second-order valence-electron chi connectivity index (χ2n) is 5.89. The highest BCUT2D eigenvalue weighted by atomic mass is 79.9. The molecule has 0 saturated heterocycles. The van der Waals surface area contributed by atoms with Crippen LogP contribution in [0, 0.1) is 11.3 Å². The van der Waals surface area contributed by atoms with E-state index in [1.54, 1.807) is 28.0 Å². The monoisotopic (exact) mass is 368 g/mol. The lowest BCUT2D eigenvalue weighted by Crippen LogP contribution is -3.09. The first kappa shape index (κ1) is 18.5. The molecular weight excluding hydrogens is 346 g/mol. The molecule has 0 saturated carbocycles. The van der Waals surface area contributed by atoms with Gasteiger partial charge < -0.3 is 14.5 Å². The molecule has 0 aliphatic carbocycles. The van der Waals surface area contributed by atoms with Gasteiger partial charge in [0.15, 0.2) is 6.54 Å². The van der Waals surface area contributed by atoms with Crippen LogP contribution in [0.25, 0.3) is 0 Å². The van der Waals surface area contributed by atoms with Crippen LogP contribution in [0.1, 0.15) is 19.4 Å². The van der Waals surface area contributed by atoms with Gasteiger partial charge in [0, 0.05) is 17.1 Å². The number of quaternary nitrogens is 1. The first-order chi connectivity index (χ1) is 10.2. The van der Waals surface area contributed by atoms with E-state index in [1.165, 1.54) is 4.90 Å². The summed E-state index contributed by atoms with van der Waals surface area (Å²) in [6.45, 7) is 4.45. The molecule has 0 spiro atoms. The van der Waals surface area contributed by atoms with Crippen LogP contribution in [0.2, 0.25) is 0 Å². The molecule has 1 rings (SSSR count). The SMILES string of the molecule is COc1ccc(Br)cc1C[NH+](C)CC(=O)N(C)C(C)(C)C#N. The third kappa shape index (κ3) is 4.72. The number of carbonyl (C=O) groups is 1. The Morgan fingerprint density at radius 3 is 2.68 bits per heavy atom. The highest BCUT2D eigenvalue weighted by Gasteiger charge is 2.29. The summed E-state index contributed by atoms with van der Waals surface area (Å²) >= 11 is 3.45. The van der Waals surface area contributed by atoms with Crippen LogP contribution in [0.4, 0.5) is 0 Å². The Kier molecular flexibility index (Phi) is 6.39. The van der Waals surface area contributed by atoms with Gasteiger partial charge in [-0.15, -0.1) is 0 Å². The Morgan fingerprint density at radius 1 is 1.50 bits per heavy atom. The summed E-state index contributed by atoms with van der Waals surface area (Å²) in [5.41, 5.74) is 0.231. The Balaban J connectivity index is 2.75. The van der Waals surface area contributed by atoms with Crippen LogP contribution in [0.5, 0.6) is 5.75 Å². The van der Waals surface area contributed by atoms with E-state index in [0.717, 1.165) is 20.7 Å². The predicted molar refractivity (Wildman–Crippen MR) is 88.6 cm³/mol. The van der Waals surface area contributed by atoms with Crippen molar-refractivity contribution in [1.29, 1.82) is 5.26 Å². The number of likely N-dealkylation sites (N-methyl/N-ethyl adjacent to an activating group) is 2. The summed E-state index contributed by atoms with van der Waals surface area (Å²) in [7, 11) is 5.25. The van der Waals surface area contributed by atoms with E-state index in [2.05, 4.69) is 22.0 Å². The average molecular weight is 369 g/mol. The maximum Gasteiger partial charge on any atom is 0.278 e. The Bertz CT molecular complexity index is 581. The van der Waals surface area contributed by atoms with Crippen molar-refractivity contribution in [1.82, 2.24) is 4.90 Å². The Morgan fingerprint density at radius 2 is 2.14 bits per heavy atom. The molecule has 1 amide bonds. The summed E-state index contributed by atoms with van der Waals surface area (Å²) < 4.78 is 6.33. The van der Waals surface area contributed by atoms with Gasteiger partial charge in [0.05, 0.1) is 20.2 Å². The van der Waals surface area contributed by atoms with E-state index in [0.29, 0.717) is 13.1 Å². The normalized spacial score (nSPS) is 12.4. The molecule has 0 aliphatic heterocycles. The highest BCUT2D eigenvalue weighted by Crippen LogP contribution is 2.22. The number of carbonyl (C=O) groups excluding carboxylic acids is 1. The van der Waals surface area contributed by atoms with Gasteiger partial charge in [-0.05, 0) is 32.0 Å². The lowest BCUT2D eigenvalue weighted by Gasteiger charge is -2.29. The van der Waals surface area contributed by atoms with Gasteiger partial charge in [-0.2, -0.15) is 5.26 Å². The molecule has 0 fully saturated rings. The summed E-state index contributed by atoms with van der Waals surface area (Å²) in [6.07, 6.45) is 0. The van der Waals surface area contributed by atoms with Gasteiger partial charge in [-0.1, -0.05) is 15.9 Å². The summed E-state index contributed by atoms with van der Waals surface area (Å²) in [6, 6.07) is 7.96. The van der Waals surface area contributed by atoms with Gasteiger partial charge in [-0.3, -0.25) is 4.79 Å². The Hall–Kier alpha value is -1.58. The molecule has 5 nitrogen and oxygen atoms in total. The number of ether oxygens (including phenoxy) is 1. The third-order valence-electron chi connectivity index (χ3n) is 3.67. The van der Waals surface area contributed by atoms with Crippen LogP contribution in [-0.2, 0) is 11.3 Å². The molecule has 1 aromatic rings. The fourth-order valence-electron chi connectivity index (χ4n) is 2.04. The zero-order chi connectivity index (χ0) is 16.9. The standard InChI is InChI=1S/C16H22BrN3O2/c1-16(2,11-18)20(4)15(21)10-19(3)9-12-8-13(17)6-7-14(12)22-5/h6-8H,9-10H2,1-5H3/p+1. The fraction of sp³-hybridized carbons (Fsp3) is 0.500. The Labute approximate surface area is 140 Å². The molecule has 0 heterocycles. The van der Waals surface area contributed by atoms with Crippen molar-refractivity contribution >= 4 is 21.8 Å². The van der Waals surface area contributed by atoms with Gasteiger partial charge in [-0.25, -0.2) is 0 Å². The van der Waals surface area contributed by atoms with Crippen molar-refractivity contribution < 1.29 is 14.4 Å². The van der Waals surface area contributed by atoms with E-state index in [-0.39, 0.29) is 5.91 Å². The zero-order valence-electron chi connectivity index (χ0n) is 13.7. The molecule has 120 valence electrons. The number of hydrogen-bond donors (Lipinski definition) is 1. The molecule has 1 unspecified atom stereocenters. The van der Waals surface area contributed by atoms with Crippen LogP contribution in [0.3, 0.4) is 0 Å². The van der Waals surface area contributed by atoms with E-state index in [1.807, 2.05) is 25.2 Å². The number of methoxy groups -OCH3 is 1. The molecule has 0 aliphatic rings. The molecule has 1 aromatic carbocycles. The van der Waals surface area contributed by atoms with Crippen LogP contribution in [0.15, 0.2) is 22.7 Å². The predicted octanol–water partition coefficient (Wildman–Crippen LogP) is 1.23. The highest BCUT2D eigenvalue weighted by molar-refractivity contribution is 9.10. The molecule has 22 heavy (non-hydrogen) atoms. The van der Waals surface area contributed by atoms with E-state index < -0.39 is 5.54 Å². The summed E-state index contributed by atoms with van der Waals surface area (Å²) in [4.78, 5) is 14.8. The number of rotatable bonds is 6. The van der Waals surface area contributed by atoms with Crippen molar-refractivity contribution in [2.45, 2.75) is 25.9 Å². The molecule has 0 radical (unpaired) electrons. The minimum atomic E-state index is -0.801. The summed E-state index contributed by atoms with van der Waals surface area (Å²) in [5, 5.41) is 9.11. The number of nitriles is 1. The molecular formula is C16H23BrN3O2+. The lowest BCUT2D eigenvalue weighted by atomic mass is 10.1. The van der Waals surface area contributed by atoms with Gasteiger partial charge >= 0.3 is 0 Å². The molecule has 6 heteroatoms. The molecule has 1 atom stereocenters. The largest absolute Gasteiger partial charge is 0.496 e. The summed E-state index contributed by atoms with van der Waals surface area (Å²) in [5.74, 6) is 0.749. The number of benzene rings is 1. The number of hydrogen-bond acceptors (Lipinski definition) is 3. The van der Waals surface area contributed by atoms with Crippen molar-refractivity contribution in [3.8, 4) is 11.8 Å². The van der Waals surface area contributed by atoms with Gasteiger partial charge in [0.25, 0.3) is 5.91 Å². The van der Waals surface area contributed by atoms with Crippen LogP contribution < -0.4 is 9.64 Å². The minimum absolute atomic E-state index is 0.0574. The van der Waals surface area contributed by atoms with E-state index in [4.69, 9.17) is 10.00 Å². The molecule has 1 N–H and O–H groups in total. The second-order valence-corrected chi connectivity index (χ2v) is 6.81. The molecule has 0 bridgehead atoms. The maximum absolute atomic E-state index is 12.3. The van der Waals surface area contributed by atoms with Crippen molar-refractivity contribution in [2.75, 3.05) is 27.7 Å². The third-order valence-corrected chi connectivity index (χ3v) is 4.17. The fourth-order valence-corrected chi connectivity index (χ4v) is 2.44. The average Bonchev–Trinajstić information content (AvgIpc) is 2.46. The van der Waals surface area contributed by atoms with Crippen LogP contribution in [-0.4, -0.2) is 44.1 Å². The second kappa shape index (κ2) is 7.61. The first-order valence-electron chi connectivity index (χ1n) is 7.03. The lowest BCUT2D eigenvalue weighted by molar-refractivity contribution is -0.885. The van der Waals surface area contributed by atoms with Crippen molar-refractivity contribution in [3.63, 3.8) is 0 Å². The number of amides is 1. The van der Waals surface area contributed by atoms with E-state index >= 15 is 0 Å². The smallest absolute Gasteiger partial charge is 0.278 e. The number of nitrogens with one attached hydrogen (secondary N) is 1. The van der Waals surface area contributed by atoms with Gasteiger partial charge in [0.2, 0.25) is 0 Å². The van der Waals surface area contributed by atoms with Crippen molar-refractivity contribution in [3.05, 3.63) is 28.2 Å². The number of nitrogens with zero attached hydrogens (tertiary/aromatic N) is 2. The van der Waals surface area contributed by atoms with Crippen LogP contribution >= 0.6 is 15.9 Å². The quantitative estimate of drug-likeness (QED) is 0.821. The first-order valence-corrected chi connectivity index (χ1v) is 7.82. The molecule has 0 aromatic heterocycles. The van der Waals surface area contributed by atoms with E-state index in [9.17, 15) is 4.79 Å². The topological polar surface area (TPSA) is 57.8 Å². The van der Waals surface area contributed by atoms with Gasteiger partial charge in [0.1, 0.15) is 17.8 Å². The maximum atomic E-state index is 12.3. The number of halogens is 1.